The maximum atomic E-state index is 11.1. The zero-order chi connectivity index (χ0) is 17.6. The largest absolute Gasteiger partial charge is 0.326 e. The average Bonchev–Trinajstić information content (AvgIpc) is 3.09. The summed E-state index contributed by atoms with van der Waals surface area (Å²) in [5, 5.41) is 9.84. The predicted octanol–water partition coefficient (Wildman–Crippen LogP) is 5.18. The summed E-state index contributed by atoms with van der Waals surface area (Å²) in [6.07, 6.45) is 0. The lowest BCUT2D eigenvalue weighted by Gasteiger charge is -2.03. The fraction of sp³-hybridized carbons (Fsp3) is 0.105. The lowest BCUT2D eigenvalue weighted by Crippen LogP contribution is -2.05. The molecule has 1 aromatic heterocycles. The molecule has 1 heterocycles. The van der Waals surface area contributed by atoms with Gasteiger partial charge in [-0.2, -0.15) is 5.10 Å². The Hall–Kier alpha value is -2.51. The maximum absolute atomic E-state index is 11.1. The van der Waals surface area contributed by atoms with Gasteiger partial charge in [-0.3, -0.25) is 10.2 Å². The molecule has 0 fully saturated rings. The third-order valence-electron chi connectivity index (χ3n) is 3.52. The van der Waals surface area contributed by atoms with E-state index < -0.39 is 0 Å². The number of carbonyl (C=O) groups excluding carboxylic acids is 1. The van der Waals surface area contributed by atoms with Crippen LogP contribution in [-0.2, 0) is 4.79 Å². The first-order chi connectivity index (χ1) is 12.1. The maximum Gasteiger partial charge on any atom is 0.221 e. The fourth-order valence-corrected chi connectivity index (χ4v) is 2.92. The summed E-state index contributed by atoms with van der Waals surface area (Å²) in [7, 11) is 0. The van der Waals surface area contributed by atoms with E-state index in [1.807, 2.05) is 66.9 Å². The Morgan fingerprint density at radius 1 is 1.04 bits per heavy atom. The van der Waals surface area contributed by atoms with E-state index in [1.54, 1.807) is 0 Å². The van der Waals surface area contributed by atoms with Crippen molar-refractivity contribution >= 4 is 50.8 Å². The molecule has 0 radical (unpaired) electrons. The number of hydrogen-bond donors (Lipinski definition) is 2. The summed E-state index contributed by atoms with van der Waals surface area (Å²) < 4.78 is 0. The zero-order valence-electron chi connectivity index (χ0n) is 14.4. The average molecular weight is 431 g/mol. The first-order valence-corrected chi connectivity index (χ1v) is 8.69. The summed E-state index contributed by atoms with van der Waals surface area (Å²) in [6.45, 7) is 3.45. The quantitative estimate of drug-likeness (QED) is 0.432. The van der Waals surface area contributed by atoms with Crippen molar-refractivity contribution in [3.05, 3.63) is 65.5 Å². The molecular formula is C19H19BrN4OS. The number of hydrogen-bond acceptors (Lipinski definition) is 5. The van der Waals surface area contributed by atoms with Gasteiger partial charge in [0, 0.05) is 23.6 Å². The van der Waals surface area contributed by atoms with Crippen LogP contribution in [0, 0.1) is 0 Å². The van der Waals surface area contributed by atoms with E-state index in [1.165, 1.54) is 18.3 Å². The highest BCUT2D eigenvalue weighted by Gasteiger charge is 2.05. The van der Waals surface area contributed by atoms with E-state index in [0.29, 0.717) is 0 Å². The van der Waals surface area contributed by atoms with Crippen molar-refractivity contribution in [3.63, 3.8) is 0 Å². The van der Waals surface area contributed by atoms with Crippen LogP contribution in [-0.4, -0.2) is 16.6 Å². The van der Waals surface area contributed by atoms with Crippen LogP contribution in [0.25, 0.3) is 11.3 Å². The van der Waals surface area contributed by atoms with Crippen LogP contribution in [0.1, 0.15) is 19.4 Å². The highest BCUT2D eigenvalue weighted by Crippen LogP contribution is 2.26. The van der Waals surface area contributed by atoms with E-state index in [0.717, 1.165) is 33.4 Å². The Labute approximate surface area is 167 Å². The molecule has 0 saturated heterocycles. The third-order valence-corrected chi connectivity index (χ3v) is 4.26. The van der Waals surface area contributed by atoms with Gasteiger partial charge in [0.1, 0.15) is 0 Å². The Morgan fingerprint density at radius 2 is 1.73 bits per heavy atom. The molecule has 0 unspecified atom stereocenters. The summed E-state index contributed by atoms with van der Waals surface area (Å²) in [5.41, 5.74) is 7.61. The van der Waals surface area contributed by atoms with Gasteiger partial charge in [0.05, 0.1) is 11.4 Å². The lowest BCUT2D eigenvalue weighted by atomic mass is 10.1. The normalized spacial score (nSPS) is 10.8. The molecule has 26 heavy (non-hydrogen) atoms. The second-order valence-electron chi connectivity index (χ2n) is 5.47. The number of benzene rings is 2. The number of thiazole rings is 1. The van der Waals surface area contributed by atoms with Crippen molar-refractivity contribution in [2.45, 2.75) is 13.8 Å². The monoisotopic (exact) mass is 430 g/mol. The van der Waals surface area contributed by atoms with Crippen molar-refractivity contribution in [1.29, 1.82) is 0 Å². The van der Waals surface area contributed by atoms with E-state index >= 15 is 0 Å². The number of nitrogens with one attached hydrogen (secondary N) is 2. The lowest BCUT2D eigenvalue weighted by molar-refractivity contribution is -0.114. The SMILES string of the molecule is Br.CC(=O)Nc1ccc(-c2csc(NN=C(C)c3ccccc3)n2)cc1. The van der Waals surface area contributed by atoms with Gasteiger partial charge in [0.15, 0.2) is 0 Å². The van der Waals surface area contributed by atoms with Gasteiger partial charge in [-0.25, -0.2) is 4.98 Å². The molecule has 3 aromatic rings. The Kier molecular flexibility index (Phi) is 7.06. The molecule has 1 amide bonds. The minimum absolute atomic E-state index is 0. The number of nitrogens with zero attached hydrogens (tertiary/aromatic N) is 2. The van der Waals surface area contributed by atoms with Gasteiger partial charge in [-0.1, -0.05) is 42.5 Å². The topological polar surface area (TPSA) is 66.4 Å². The van der Waals surface area contributed by atoms with Crippen molar-refractivity contribution in [2.75, 3.05) is 10.7 Å². The molecule has 0 aliphatic heterocycles. The molecular weight excluding hydrogens is 412 g/mol. The smallest absolute Gasteiger partial charge is 0.221 e. The van der Waals surface area contributed by atoms with Crippen LogP contribution < -0.4 is 10.7 Å². The molecule has 0 aliphatic carbocycles. The zero-order valence-corrected chi connectivity index (χ0v) is 16.9. The summed E-state index contributed by atoms with van der Waals surface area (Å²) in [6, 6.07) is 17.6. The summed E-state index contributed by atoms with van der Waals surface area (Å²) in [4.78, 5) is 15.6. The van der Waals surface area contributed by atoms with Gasteiger partial charge in [-0.15, -0.1) is 28.3 Å². The van der Waals surface area contributed by atoms with E-state index in [4.69, 9.17) is 0 Å². The number of amides is 1. The standard InChI is InChI=1S/C19H18N4OS.BrH/c1-13(15-6-4-3-5-7-15)22-23-19-21-18(12-25-19)16-8-10-17(11-9-16)20-14(2)24;/h3-12H,1-2H3,(H,20,24)(H,21,23);1H. The molecule has 5 nitrogen and oxygen atoms in total. The van der Waals surface area contributed by atoms with Crippen LogP contribution in [0.5, 0.6) is 0 Å². The van der Waals surface area contributed by atoms with E-state index in [9.17, 15) is 4.79 Å². The molecule has 3 rings (SSSR count). The van der Waals surface area contributed by atoms with Crippen LogP contribution in [0.4, 0.5) is 10.8 Å². The molecule has 2 aromatic carbocycles. The Balaban J connectivity index is 0.00000243. The van der Waals surface area contributed by atoms with Crippen LogP contribution in [0.2, 0.25) is 0 Å². The number of anilines is 2. The molecule has 0 atom stereocenters. The van der Waals surface area contributed by atoms with Gasteiger partial charge in [-0.05, 0) is 24.6 Å². The first kappa shape index (κ1) is 19.8. The minimum atomic E-state index is -0.0838. The van der Waals surface area contributed by atoms with Crippen LogP contribution in [0.3, 0.4) is 0 Å². The third kappa shape index (κ3) is 5.24. The number of hydrazone groups is 1. The van der Waals surface area contributed by atoms with Gasteiger partial charge < -0.3 is 5.32 Å². The van der Waals surface area contributed by atoms with E-state index in [-0.39, 0.29) is 22.9 Å². The van der Waals surface area contributed by atoms with Gasteiger partial charge in [0.25, 0.3) is 0 Å². The number of rotatable bonds is 5. The second-order valence-corrected chi connectivity index (χ2v) is 6.33. The predicted molar refractivity (Wildman–Crippen MR) is 114 cm³/mol. The molecule has 134 valence electrons. The molecule has 0 bridgehead atoms. The van der Waals surface area contributed by atoms with Crippen molar-refractivity contribution in [2.24, 2.45) is 5.10 Å². The second kappa shape index (κ2) is 9.26. The number of carbonyl (C=O) groups is 1. The fourth-order valence-electron chi connectivity index (χ4n) is 2.26. The Morgan fingerprint density at radius 3 is 2.38 bits per heavy atom. The van der Waals surface area contributed by atoms with E-state index in [2.05, 4.69) is 20.8 Å². The van der Waals surface area contributed by atoms with Gasteiger partial charge >= 0.3 is 0 Å². The highest BCUT2D eigenvalue weighted by molar-refractivity contribution is 8.93. The van der Waals surface area contributed by atoms with Crippen LogP contribution in [0.15, 0.2) is 65.1 Å². The van der Waals surface area contributed by atoms with Gasteiger partial charge in [0.2, 0.25) is 11.0 Å². The number of aromatic nitrogens is 1. The summed E-state index contributed by atoms with van der Waals surface area (Å²) >= 11 is 1.50. The number of halogens is 1. The highest BCUT2D eigenvalue weighted by atomic mass is 79.9. The molecule has 0 spiro atoms. The molecule has 0 saturated carbocycles. The van der Waals surface area contributed by atoms with Crippen molar-refractivity contribution in [1.82, 2.24) is 4.98 Å². The summed E-state index contributed by atoms with van der Waals surface area (Å²) in [5.74, 6) is -0.0838. The Bertz CT molecular complexity index is 891. The molecule has 0 aliphatic rings. The van der Waals surface area contributed by atoms with Crippen molar-refractivity contribution < 1.29 is 4.79 Å². The first-order valence-electron chi connectivity index (χ1n) is 7.81. The molecule has 7 heteroatoms. The minimum Gasteiger partial charge on any atom is -0.326 e. The van der Waals surface area contributed by atoms with Crippen LogP contribution >= 0.6 is 28.3 Å². The van der Waals surface area contributed by atoms with Crippen molar-refractivity contribution in [3.8, 4) is 11.3 Å². The molecule has 2 N–H and O–H groups in total.